The smallest absolute Gasteiger partial charge is 0.255 e. The number of likely N-dealkylation sites (N-methyl/N-ethyl adjacent to an activating group) is 1. The Bertz CT molecular complexity index is 1440. The number of fused-ring (bicyclic) bond motifs is 3. The molecule has 1 aromatic rings. The normalized spacial score (nSPS) is 26.5. The van der Waals surface area contributed by atoms with Crippen molar-refractivity contribution in [3.05, 3.63) is 39.7 Å². The lowest BCUT2D eigenvalue weighted by atomic mass is 9.57. The molecule has 0 saturated heterocycles. The second-order valence-electron chi connectivity index (χ2n) is 13.9. The average Bonchev–Trinajstić information content (AvgIpc) is 2.87. The lowest BCUT2D eigenvalue weighted by molar-refractivity contribution is -0.153. The third-order valence-electron chi connectivity index (χ3n) is 9.80. The van der Waals surface area contributed by atoms with Crippen LogP contribution in [0.2, 0.25) is 0 Å². The minimum Gasteiger partial charge on any atom is -0.508 e. The molecule has 0 heterocycles. The molecule has 0 aromatic heterocycles. The quantitative estimate of drug-likeness (QED) is 0.255. The Morgan fingerprint density at radius 3 is 2.26 bits per heavy atom. The van der Waals surface area contributed by atoms with Gasteiger partial charge in [-0.1, -0.05) is 20.8 Å². The lowest BCUT2D eigenvalue weighted by Crippen LogP contribution is -2.65. The predicted octanol–water partition coefficient (Wildman–Crippen LogP) is 2.33. The lowest BCUT2D eigenvalue weighted by Gasteiger charge is -2.50. The molecule has 0 bridgehead atoms. The molecule has 7 N–H and O–H groups in total. The summed E-state index contributed by atoms with van der Waals surface area (Å²) in [5.74, 6) is -6.62. The van der Waals surface area contributed by atoms with Crippen LogP contribution in [0.1, 0.15) is 64.7 Å². The summed E-state index contributed by atoms with van der Waals surface area (Å²) in [5, 5.41) is 49.4. The van der Waals surface area contributed by atoms with Crippen molar-refractivity contribution in [3.63, 3.8) is 0 Å². The number of rotatable bonds is 7. The molecule has 0 unspecified atom stereocenters. The number of aromatic hydroxyl groups is 1. The number of nitrogens with zero attached hydrogens (tertiary/aromatic N) is 2. The fourth-order valence-corrected chi connectivity index (χ4v) is 6.77. The molecule has 1 amide bonds. The zero-order valence-corrected chi connectivity index (χ0v) is 26.6. The van der Waals surface area contributed by atoms with E-state index in [-0.39, 0.29) is 47.2 Å². The molecule has 5 atom stereocenters. The SMILES string of the molecule is CC(C)N(C)c1c(CN[C@H](C)C(C)(C)C)cc(O)c2c1C[C@H]1C[C@H]3[C@H](N(C)C)C(=O)C(C(N)=O)=C(O)[C@@]3(O)C(=O)C1=C2O. The Hall–Kier alpha value is -3.41. The summed E-state index contributed by atoms with van der Waals surface area (Å²) in [7, 11) is 5.10. The number of nitrogens with one attached hydrogen (secondary N) is 1. The number of benzene rings is 1. The molecule has 236 valence electrons. The molecule has 1 saturated carbocycles. The Labute approximate surface area is 253 Å². The number of aliphatic hydroxyl groups excluding tert-OH is 2. The van der Waals surface area contributed by atoms with E-state index in [9.17, 15) is 34.8 Å². The van der Waals surface area contributed by atoms with Crippen molar-refractivity contribution in [1.29, 1.82) is 0 Å². The Balaban J connectivity index is 1.94. The number of carbonyl (C=O) groups excluding carboxylic acids is 3. The first-order valence-corrected chi connectivity index (χ1v) is 14.7. The van der Waals surface area contributed by atoms with E-state index in [1.54, 1.807) is 20.2 Å². The highest BCUT2D eigenvalue weighted by molar-refractivity contribution is 6.24. The summed E-state index contributed by atoms with van der Waals surface area (Å²) in [5.41, 5.74) is 4.13. The molecule has 3 aliphatic carbocycles. The van der Waals surface area contributed by atoms with Gasteiger partial charge in [-0.05, 0) is 76.2 Å². The van der Waals surface area contributed by atoms with Crippen LogP contribution in [0.15, 0.2) is 23.0 Å². The third kappa shape index (κ3) is 5.01. The molecular weight excluding hydrogens is 552 g/mol. The van der Waals surface area contributed by atoms with E-state index < -0.39 is 58.0 Å². The van der Waals surface area contributed by atoms with Gasteiger partial charge < -0.3 is 36.4 Å². The molecule has 43 heavy (non-hydrogen) atoms. The number of phenols is 1. The summed E-state index contributed by atoms with van der Waals surface area (Å²) < 4.78 is 0. The van der Waals surface area contributed by atoms with E-state index in [0.29, 0.717) is 12.1 Å². The second kappa shape index (κ2) is 10.9. The summed E-state index contributed by atoms with van der Waals surface area (Å²) in [6.45, 7) is 13.0. The Kier molecular flexibility index (Phi) is 8.27. The molecule has 3 aliphatic rings. The van der Waals surface area contributed by atoms with Crippen LogP contribution in [0.25, 0.3) is 5.76 Å². The van der Waals surface area contributed by atoms with Crippen molar-refractivity contribution in [2.24, 2.45) is 23.0 Å². The summed E-state index contributed by atoms with van der Waals surface area (Å²) >= 11 is 0. The molecule has 4 rings (SSSR count). The van der Waals surface area contributed by atoms with Crippen LogP contribution in [-0.4, -0.2) is 87.7 Å². The number of phenolic OH excluding ortho intramolecular Hbond substituents is 1. The van der Waals surface area contributed by atoms with Crippen molar-refractivity contribution in [2.75, 3.05) is 26.0 Å². The standard InChI is InChI=1S/C32H46N4O7/c1-14(2)36(9)24-17(13-34-15(3)31(4,5)6)12-20(37)22-18(24)10-16-11-19-25(35(7)8)27(39)23(30(33)42)29(41)32(19,43)28(40)21(16)26(22)38/h12,14-16,19,25,34,37-38,41,43H,10-11,13H2,1-9H3,(H2,33,42)/t15-,16+,19+,25+,32+/m1/s1. The maximum Gasteiger partial charge on any atom is 0.255 e. The zero-order chi connectivity index (χ0) is 32.5. The predicted molar refractivity (Wildman–Crippen MR) is 164 cm³/mol. The molecule has 11 heteroatoms. The topological polar surface area (TPSA) is 177 Å². The van der Waals surface area contributed by atoms with Gasteiger partial charge in [0.2, 0.25) is 5.78 Å². The minimum atomic E-state index is -2.66. The van der Waals surface area contributed by atoms with Gasteiger partial charge in [-0.3, -0.25) is 19.3 Å². The first-order chi connectivity index (χ1) is 19.8. The largest absolute Gasteiger partial charge is 0.508 e. The second-order valence-corrected chi connectivity index (χ2v) is 13.9. The van der Waals surface area contributed by atoms with Crippen molar-refractivity contribution in [2.45, 2.75) is 84.7 Å². The highest BCUT2D eigenvalue weighted by Gasteiger charge is 2.64. The molecule has 11 nitrogen and oxygen atoms in total. The van der Waals surface area contributed by atoms with Gasteiger partial charge in [0.15, 0.2) is 11.4 Å². The number of Topliss-reactive ketones (excluding diaryl/α,β-unsaturated/α-hetero) is 2. The van der Waals surface area contributed by atoms with Gasteiger partial charge >= 0.3 is 0 Å². The van der Waals surface area contributed by atoms with Crippen LogP contribution in [0.3, 0.4) is 0 Å². The van der Waals surface area contributed by atoms with Crippen LogP contribution in [0, 0.1) is 17.3 Å². The number of aliphatic hydroxyl groups is 3. The first kappa shape index (κ1) is 32.5. The fraction of sp³-hybridized carbons (Fsp3) is 0.594. The van der Waals surface area contributed by atoms with Gasteiger partial charge in [0.1, 0.15) is 22.8 Å². The van der Waals surface area contributed by atoms with Crippen molar-refractivity contribution < 1.29 is 34.8 Å². The van der Waals surface area contributed by atoms with Crippen molar-refractivity contribution >= 4 is 28.9 Å². The van der Waals surface area contributed by atoms with E-state index in [1.807, 2.05) is 20.9 Å². The zero-order valence-electron chi connectivity index (χ0n) is 26.6. The van der Waals surface area contributed by atoms with Crippen LogP contribution in [0.5, 0.6) is 5.75 Å². The van der Waals surface area contributed by atoms with Crippen LogP contribution in [0.4, 0.5) is 5.69 Å². The number of amides is 1. The van der Waals surface area contributed by atoms with E-state index in [1.165, 1.54) is 4.90 Å². The molecule has 1 aromatic carbocycles. The van der Waals surface area contributed by atoms with E-state index in [4.69, 9.17) is 5.73 Å². The molecule has 0 spiro atoms. The van der Waals surface area contributed by atoms with Gasteiger partial charge in [0.25, 0.3) is 5.91 Å². The number of carbonyl (C=O) groups is 3. The van der Waals surface area contributed by atoms with Gasteiger partial charge in [0, 0.05) is 42.9 Å². The highest BCUT2D eigenvalue weighted by atomic mass is 16.3. The van der Waals surface area contributed by atoms with E-state index in [0.717, 1.165) is 11.3 Å². The molecule has 1 fully saturated rings. The maximum absolute atomic E-state index is 14.1. The molecular formula is C32H46N4O7. The van der Waals surface area contributed by atoms with Gasteiger partial charge in [-0.2, -0.15) is 0 Å². The number of primary amides is 1. The highest BCUT2D eigenvalue weighted by Crippen LogP contribution is 2.54. The monoisotopic (exact) mass is 598 g/mol. The van der Waals surface area contributed by atoms with Crippen LogP contribution >= 0.6 is 0 Å². The van der Waals surface area contributed by atoms with Crippen LogP contribution < -0.4 is 16.0 Å². The Morgan fingerprint density at radius 2 is 1.74 bits per heavy atom. The van der Waals surface area contributed by atoms with Crippen molar-refractivity contribution in [3.8, 4) is 5.75 Å². The third-order valence-corrected chi connectivity index (χ3v) is 9.80. The summed E-state index contributed by atoms with van der Waals surface area (Å²) in [4.78, 5) is 43.2. The number of ketones is 2. The molecule has 0 radical (unpaired) electrons. The average molecular weight is 599 g/mol. The Morgan fingerprint density at radius 1 is 1.14 bits per heavy atom. The summed E-state index contributed by atoms with van der Waals surface area (Å²) in [6, 6.07) is 0.662. The van der Waals surface area contributed by atoms with Crippen LogP contribution in [-0.2, 0) is 27.3 Å². The first-order valence-electron chi connectivity index (χ1n) is 14.7. The van der Waals surface area contributed by atoms with Gasteiger partial charge in [-0.25, -0.2) is 0 Å². The number of hydrogen-bond acceptors (Lipinski definition) is 10. The maximum atomic E-state index is 14.1. The van der Waals surface area contributed by atoms with Crippen molar-refractivity contribution in [1.82, 2.24) is 10.2 Å². The summed E-state index contributed by atoms with van der Waals surface area (Å²) in [6.07, 6.45) is 0.276. The minimum absolute atomic E-state index is 0.00960. The van der Waals surface area contributed by atoms with Gasteiger partial charge in [0.05, 0.1) is 11.6 Å². The van der Waals surface area contributed by atoms with E-state index >= 15 is 0 Å². The number of anilines is 1. The fourth-order valence-electron chi connectivity index (χ4n) is 6.77. The molecule has 0 aliphatic heterocycles. The van der Waals surface area contributed by atoms with E-state index in [2.05, 4.69) is 37.9 Å². The van der Waals surface area contributed by atoms with Gasteiger partial charge in [-0.15, -0.1) is 0 Å². The number of hydrogen-bond donors (Lipinski definition) is 6. The number of nitrogens with two attached hydrogens (primary N) is 1.